The molecule has 162 valence electrons. The van der Waals surface area contributed by atoms with Gasteiger partial charge in [-0.3, -0.25) is 4.98 Å². The molecule has 4 aromatic rings. The van der Waals surface area contributed by atoms with E-state index in [2.05, 4.69) is 25.0 Å². The smallest absolute Gasteiger partial charge is 0.427 e. The van der Waals surface area contributed by atoms with Gasteiger partial charge in [-0.1, -0.05) is 11.6 Å². The fraction of sp³-hybridized carbons (Fsp3) is 0.111. The Balaban J connectivity index is 1.73. The Hall–Kier alpha value is -3.51. The highest BCUT2D eigenvalue weighted by Crippen LogP contribution is 2.42. The minimum atomic E-state index is -4.80. The summed E-state index contributed by atoms with van der Waals surface area (Å²) in [7, 11) is 0. The Bertz CT molecular complexity index is 1420. The van der Waals surface area contributed by atoms with Crippen LogP contribution in [0.25, 0.3) is 17.4 Å². The van der Waals surface area contributed by atoms with Gasteiger partial charge in [-0.05, 0) is 12.1 Å². The zero-order valence-corrected chi connectivity index (χ0v) is 16.9. The van der Waals surface area contributed by atoms with Gasteiger partial charge in [0, 0.05) is 24.7 Å². The second-order valence-corrected chi connectivity index (χ2v) is 7.21. The molecule has 0 spiro atoms. The van der Waals surface area contributed by atoms with Crippen molar-refractivity contribution in [1.29, 1.82) is 0 Å². The maximum absolute atomic E-state index is 13.4. The molecule has 1 unspecified atom stereocenters. The van der Waals surface area contributed by atoms with Crippen molar-refractivity contribution in [2.45, 2.75) is 11.6 Å². The van der Waals surface area contributed by atoms with Crippen LogP contribution in [-0.2, 0) is 6.18 Å². The lowest BCUT2D eigenvalue weighted by Gasteiger charge is -2.20. The Kier molecular flexibility index (Phi) is 4.64. The van der Waals surface area contributed by atoms with Gasteiger partial charge in [0.15, 0.2) is 11.5 Å². The van der Waals surface area contributed by atoms with E-state index in [-0.39, 0.29) is 39.6 Å². The number of hydrogen-bond donors (Lipinski definition) is 0. The van der Waals surface area contributed by atoms with E-state index in [0.717, 1.165) is 4.68 Å². The van der Waals surface area contributed by atoms with Crippen LogP contribution in [0.4, 0.5) is 13.2 Å². The molecule has 0 saturated heterocycles. The van der Waals surface area contributed by atoms with Gasteiger partial charge in [-0.25, -0.2) is 24.4 Å². The van der Waals surface area contributed by atoms with E-state index in [0.29, 0.717) is 6.07 Å². The molecule has 0 radical (unpaired) electrons. The van der Waals surface area contributed by atoms with Crippen LogP contribution in [0, 0.1) is 0 Å². The zero-order chi connectivity index (χ0) is 22.6. The number of hydrogen-bond acceptors (Lipinski definition) is 8. The fourth-order valence-corrected chi connectivity index (χ4v) is 3.48. The summed E-state index contributed by atoms with van der Waals surface area (Å²) in [6.07, 6.45) is -0.787. The molecule has 9 nitrogen and oxygen atoms in total. The predicted octanol–water partition coefficient (Wildman–Crippen LogP) is 4.18. The molecule has 0 bridgehead atoms. The van der Waals surface area contributed by atoms with Crippen molar-refractivity contribution in [2.24, 2.45) is 0 Å². The highest BCUT2D eigenvalue weighted by molar-refractivity contribution is 6.32. The molecule has 0 amide bonds. The molecule has 4 aromatic heterocycles. The maximum atomic E-state index is 13.4. The fourth-order valence-electron chi connectivity index (χ4n) is 2.98. The van der Waals surface area contributed by atoms with Crippen molar-refractivity contribution < 1.29 is 22.3 Å². The van der Waals surface area contributed by atoms with Crippen molar-refractivity contribution in [3.05, 3.63) is 69.3 Å². The lowest BCUT2D eigenvalue weighted by Crippen LogP contribution is -2.18. The lowest BCUT2D eigenvalue weighted by atomic mass is 10.1. The molecule has 0 N–H and O–H groups in total. The van der Waals surface area contributed by atoms with Gasteiger partial charge in [-0.2, -0.15) is 18.3 Å². The van der Waals surface area contributed by atoms with Crippen LogP contribution in [0.15, 0.2) is 46.0 Å². The molecule has 0 aliphatic carbocycles. The average Bonchev–Trinajstić information content (AvgIpc) is 3.21. The first kappa shape index (κ1) is 20.4. The molecule has 14 heteroatoms. The molecule has 0 fully saturated rings. The molecule has 5 rings (SSSR count). The van der Waals surface area contributed by atoms with E-state index in [4.69, 9.17) is 32.4 Å². The van der Waals surface area contributed by atoms with Crippen molar-refractivity contribution >= 4 is 23.2 Å². The second kappa shape index (κ2) is 7.28. The quantitative estimate of drug-likeness (QED) is 0.391. The summed E-state index contributed by atoms with van der Waals surface area (Å²) in [5.74, 6) is -0.983. The largest absolute Gasteiger partial charge is 0.435 e. The van der Waals surface area contributed by atoms with Crippen LogP contribution in [0.1, 0.15) is 22.5 Å². The lowest BCUT2D eigenvalue weighted by molar-refractivity contribution is -0.141. The number of halogens is 5. The van der Waals surface area contributed by atoms with Gasteiger partial charge in [0.2, 0.25) is 17.5 Å². The SMILES string of the molecule is O=c1oc(-c2cc(C(F)(F)F)nn2-c2ncccc2Cl)nc2c1Oc1nccnc1C2Cl. The van der Waals surface area contributed by atoms with Crippen molar-refractivity contribution in [3.63, 3.8) is 0 Å². The van der Waals surface area contributed by atoms with Crippen LogP contribution < -0.4 is 10.4 Å². The van der Waals surface area contributed by atoms with E-state index in [1.165, 1.54) is 30.7 Å². The highest BCUT2D eigenvalue weighted by Gasteiger charge is 2.38. The Morgan fingerprint density at radius 2 is 1.88 bits per heavy atom. The van der Waals surface area contributed by atoms with Gasteiger partial charge in [0.05, 0.1) is 5.02 Å². The van der Waals surface area contributed by atoms with E-state index in [1.807, 2.05) is 0 Å². The van der Waals surface area contributed by atoms with Crippen LogP contribution in [0.3, 0.4) is 0 Å². The van der Waals surface area contributed by atoms with Crippen LogP contribution in [0.2, 0.25) is 5.02 Å². The molecule has 0 saturated carbocycles. The third-order valence-electron chi connectivity index (χ3n) is 4.36. The molecule has 0 aromatic carbocycles. The van der Waals surface area contributed by atoms with Gasteiger partial charge in [-0.15, -0.1) is 11.6 Å². The average molecular weight is 483 g/mol. The van der Waals surface area contributed by atoms with Gasteiger partial charge in [0.1, 0.15) is 22.5 Å². The monoisotopic (exact) mass is 482 g/mol. The number of ether oxygens (including phenoxy) is 1. The van der Waals surface area contributed by atoms with Crippen molar-refractivity contribution in [2.75, 3.05) is 0 Å². The number of aromatic nitrogens is 6. The van der Waals surface area contributed by atoms with E-state index in [9.17, 15) is 18.0 Å². The minimum Gasteiger partial charge on any atom is -0.427 e. The van der Waals surface area contributed by atoms with Gasteiger partial charge < -0.3 is 9.15 Å². The summed E-state index contributed by atoms with van der Waals surface area (Å²) >= 11 is 12.5. The Morgan fingerprint density at radius 1 is 1.09 bits per heavy atom. The van der Waals surface area contributed by atoms with Crippen molar-refractivity contribution in [3.8, 4) is 29.0 Å². The van der Waals surface area contributed by atoms with E-state index in [1.54, 1.807) is 0 Å². The molecular weight excluding hydrogens is 476 g/mol. The van der Waals surface area contributed by atoms with Crippen LogP contribution in [-0.4, -0.2) is 29.7 Å². The summed E-state index contributed by atoms with van der Waals surface area (Å²) in [5, 5.41) is 2.48. The van der Waals surface area contributed by atoms with Crippen LogP contribution in [0.5, 0.6) is 11.6 Å². The van der Waals surface area contributed by atoms with E-state index >= 15 is 0 Å². The first-order valence-corrected chi connectivity index (χ1v) is 9.52. The number of alkyl halides is 4. The second-order valence-electron chi connectivity index (χ2n) is 6.37. The summed E-state index contributed by atoms with van der Waals surface area (Å²) in [6.45, 7) is 0. The number of pyridine rings is 1. The summed E-state index contributed by atoms with van der Waals surface area (Å²) < 4.78 is 51.5. The summed E-state index contributed by atoms with van der Waals surface area (Å²) in [6, 6.07) is 3.56. The normalized spacial score (nSPS) is 15.1. The first-order chi connectivity index (χ1) is 15.2. The number of fused-ring (bicyclic) bond motifs is 2. The molecule has 1 aliphatic rings. The first-order valence-electron chi connectivity index (χ1n) is 8.70. The Morgan fingerprint density at radius 3 is 2.62 bits per heavy atom. The van der Waals surface area contributed by atoms with Crippen LogP contribution >= 0.6 is 23.2 Å². The molecular formula is C18H7Cl2F3N6O3. The molecule has 1 aliphatic heterocycles. The van der Waals surface area contributed by atoms with E-state index < -0.39 is 28.8 Å². The zero-order valence-electron chi connectivity index (χ0n) is 15.3. The topological polar surface area (TPSA) is 109 Å². The summed E-state index contributed by atoms with van der Waals surface area (Å²) in [4.78, 5) is 28.7. The Labute approximate surface area is 185 Å². The number of nitrogens with zero attached hydrogens (tertiary/aromatic N) is 6. The maximum Gasteiger partial charge on any atom is 0.435 e. The third kappa shape index (κ3) is 3.28. The molecule has 32 heavy (non-hydrogen) atoms. The summed E-state index contributed by atoms with van der Waals surface area (Å²) in [5.41, 5.74) is -2.54. The van der Waals surface area contributed by atoms with Crippen molar-refractivity contribution in [1.82, 2.24) is 29.7 Å². The minimum absolute atomic E-state index is 0.00785. The molecule has 5 heterocycles. The standard InChI is InChI=1S/C18H7Cl2F3N6O3/c19-7-2-1-3-25-14(7)29-8(6-9(28-29)18(21,22)23)15-27-11-10(20)12-16(26-5-4-24-12)31-13(11)17(30)32-15/h1-6,10H. The third-order valence-corrected chi connectivity index (χ3v) is 5.07. The molecule has 1 atom stereocenters. The number of rotatable bonds is 2. The van der Waals surface area contributed by atoms with Gasteiger partial charge >= 0.3 is 11.8 Å². The predicted molar refractivity (Wildman–Crippen MR) is 103 cm³/mol. The van der Waals surface area contributed by atoms with Gasteiger partial charge in [0.25, 0.3) is 0 Å². The highest BCUT2D eigenvalue weighted by atomic mass is 35.5.